The van der Waals surface area contributed by atoms with Gasteiger partial charge < -0.3 is 15.3 Å². The zero-order valence-corrected chi connectivity index (χ0v) is 16.0. The average molecular weight is 378 g/mol. The Morgan fingerprint density at radius 3 is 2.36 bits per heavy atom. The lowest BCUT2D eigenvalue weighted by Gasteiger charge is -2.40. The van der Waals surface area contributed by atoms with Gasteiger partial charge in [-0.05, 0) is 68.4 Å². The highest BCUT2D eigenvalue weighted by Gasteiger charge is 2.44. The van der Waals surface area contributed by atoms with E-state index < -0.39 is 6.04 Å². The SMILES string of the molecule is CC(NC(=O)c1ccccc1)C(=O)N1[C@@H]2CC[C@H]1CC(c1cccc(O)c1)C2. The number of aromatic hydroxyl groups is 1. The fraction of sp³-hybridized carbons (Fsp3) is 0.391. The van der Waals surface area contributed by atoms with Gasteiger partial charge in [-0.1, -0.05) is 30.3 Å². The minimum Gasteiger partial charge on any atom is -0.508 e. The van der Waals surface area contributed by atoms with Gasteiger partial charge in [-0.3, -0.25) is 9.59 Å². The lowest BCUT2D eigenvalue weighted by atomic mass is 9.84. The first-order valence-corrected chi connectivity index (χ1v) is 10.00. The second kappa shape index (κ2) is 7.66. The van der Waals surface area contributed by atoms with Crippen LogP contribution in [-0.4, -0.2) is 39.9 Å². The Hall–Kier alpha value is -2.82. The molecule has 2 aliphatic rings. The molecule has 0 spiro atoms. The third kappa shape index (κ3) is 3.61. The van der Waals surface area contributed by atoms with Crippen LogP contribution in [0.5, 0.6) is 5.75 Å². The van der Waals surface area contributed by atoms with Crippen molar-refractivity contribution in [3.63, 3.8) is 0 Å². The number of hydrogen-bond acceptors (Lipinski definition) is 3. The van der Waals surface area contributed by atoms with Crippen LogP contribution in [0, 0.1) is 0 Å². The highest BCUT2D eigenvalue weighted by atomic mass is 16.3. The van der Waals surface area contributed by atoms with Crippen molar-refractivity contribution in [1.82, 2.24) is 10.2 Å². The van der Waals surface area contributed by atoms with Crippen molar-refractivity contribution in [3.8, 4) is 5.75 Å². The van der Waals surface area contributed by atoms with Crippen molar-refractivity contribution in [1.29, 1.82) is 0 Å². The number of rotatable bonds is 4. The fourth-order valence-electron chi connectivity index (χ4n) is 4.74. The van der Waals surface area contributed by atoms with Crippen molar-refractivity contribution in [2.45, 2.75) is 56.7 Å². The van der Waals surface area contributed by atoms with Gasteiger partial charge in [-0.15, -0.1) is 0 Å². The van der Waals surface area contributed by atoms with E-state index in [1.165, 1.54) is 0 Å². The molecule has 0 aromatic heterocycles. The molecule has 2 heterocycles. The molecule has 0 radical (unpaired) electrons. The van der Waals surface area contributed by atoms with E-state index in [9.17, 15) is 14.7 Å². The minimum absolute atomic E-state index is 0.00569. The van der Waals surface area contributed by atoms with Crippen molar-refractivity contribution in [3.05, 3.63) is 65.7 Å². The van der Waals surface area contributed by atoms with Crippen LogP contribution in [0.2, 0.25) is 0 Å². The molecular weight excluding hydrogens is 352 g/mol. The molecule has 2 aromatic carbocycles. The molecule has 2 aliphatic heterocycles. The van der Waals surface area contributed by atoms with Gasteiger partial charge in [0, 0.05) is 17.6 Å². The van der Waals surface area contributed by atoms with E-state index in [-0.39, 0.29) is 23.9 Å². The summed E-state index contributed by atoms with van der Waals surface area (Å²) in [6.45, 7) is 1.77. The Balaban J connectivity index is 1.42. The first kappa shape index (κ1) is 18.5. The topological polar surface area (TPSA) is 69.6 Å². The molecule has 2 bridgehead atoms. The molecule has 5 heteroatoms. The van der Waals surface area contributed by atoms with Gasteiger partial charge in [0.15, 0.2) is 0 Å². The second-order valence-electron chi connectivity index (χ2n) is 7.95. The number of carbonyl (C=O) groups is 2. The fourth-order valence-corrected chi connectivity index (χ4v) is 4.74. The van der Waals surface area contributed by atoms with Gasteiger partial charge in [0.25, 0.3) is 5.91 Å². The molecule has 2 amide bonds. The summed E-state index contributed by atoms with van der Waals surface area (Å²) in [6, 6.07) is 16.3. The highest BCUT2D eigenvalue weighted by molar-refractivity contribution is 5.97. The molecule has 2 saturated heterocycles. The Kier molecular flexibility index (Phi) is 5.07. The average Bonchev–Trinajstić information content (AvgIpc) is 2.97. The molecule has 146 valence electrons. The molecule has 0 aliphatic carbocycles. The third-order valence-electron chi connectivity index (χ3n) is 6.08. The number of carbonyl (C=O) groups excluding carboxylic acids is 2. The van der Waals surface area contributed by atoms with Crippen LogP contribution in [0.4, 0.5) is 0 Å². The Morgan fingerprint density at radius 2 is 1.71 bits per heavy atom. The number of phenolic OH excluding ortho intramolecular Hbond substituents is 1. The number of benzene rings is 2. The lowest BCUT2D eigenvalue weighted by molar-refractivity contribution is -0.137. The number of nitrogens with one attached hydrogen (secondary N) is 1. The molecule has 5 nitrogen and oxygen atoms in total. The van der Waals surface area contributed by atoms with E-state index in [1.807, 2.05) is 35.2 Å². The first-order chi connectivity index (χ1) is 13.5. The van der Waals surface area contributed by atoms with Gasteiger partial charge in [0.1, 0.15) is 11.8 Å². The monoisotopic (exact) mass is 378 g/mol. The van der Waals surface area contributed by atoms with Crippen LogP contribution < -0.4 is 5.32 Å². The van der Waals surface area contributed by atoms with Crippen molar-refractivity contribution < 1.29 is 14.7 Å². The summed E-state index contributed by atoms with van der Waals surface area (Å²) in [5.74, 6) is 0.443. The van der Waals surface area contributed by atoms with Gasteiger partial charge in [0.05, 0.1) is 0 Å². The van der Waals surface area contributed by atoms with Gasteiger partial charge in [0.2, 0.25) is 5.91 Å². The van der Waals surface area contributed by atoms with E-state index in [2.05, 4.69) is 11.4 Å². The first-order valence-electron chi connectivity index (χ1n) is 10.00. The molecular formula is C23H26N2O3. The second-order valence-corrected chi connectivity index (χ2v) is 7.95. The molecule has 4 atom stereocenters. The van der Waals surface area contributed by atoms with Crippen LogP contribution in [0.3, 0.4) is 0 Å². The van der Waals surface area contributed by atoms with Crippen LogP contribution >= 0.6 is 0 Å². The Bertz CT molecular complexity index is 853. The quantitative estimate of drug-likeness (QED) is 0.856. The van der Waals surface area contributed by atoms with Gasteiger partial charge in [-0.2, -0.15) is 0 Å². The van der Waals surface area contributed by atoms with Gasteiger partial charge >= 0.3 is 0 Å². The van der Waals surface area contributed by atoms with Crippen LogP contribution in [-0.2, 0) is 4.79 Å². The van der Waals surface area contributed by atoms with E-state index in [4.69, 9.17) is 0 Å². The maximum absolute atomic E-state index is 13.1. The number of piperidine rings is 1. The van der Waals surface area contributed by atoms with E-state index in [1.54, 1.807) is 25.1 Å². The summed E-state index contributed by atoms with van der Waals surface area (Å²) in [5.41, 5.74) is 1.71. The zero-order chi connectivity index (χ0) is 19.7. The van der Waals surface area contributed by atoms with Crippen molar-refractivity contribution >= 4 is 11.8 Å². The summed E-state index contributed by atoms with van der Waals surface area (Å²) in [5, 5.41) is 12.6. The lowest BCUT2D eigenvalue weighted by Crippen LogP contribution is -2.53. The number of fused-ring (bicyclic) bond motifs is 2. The van der Waals surface area contributed by atoms with E-state index in [0.717, 1.165) is 31.2 Å². The van der Waals surface area contributed by atoms with Crippen LogP contribution in [0.25, 0.3) is 0 Å². The summed E-state index contributed by atoms with van der Waals surface area (Å²) < 4.78 is 0. The number of nitrogens with zero attached hydrogens (tertiary/aromatic N) is 1. The Morgan fingerprint density at radius 1 is 1.04 bits per heavy atom. The predicted octanol–water partition coefficient (Wildman–Crippen LogP) is 3.45. The van der Waals surface area contributed by atoms with E-state index in [0.29, 0.717) is 17.2 Å². The van der Waals surface area contributed by atoms with Gasteiger partial charge in [-0.25, -0.2) is 0 Å². The standard InChI is InChI=1S/C23H26N2O3/c1-15(24-22(27)16-6-3-2-4-7-16)23(28)25-19-10-11-20(25)13-18(12-19)17-8-5-9-21(26)14-17/h2-9,14-15,18-20,26H,10-13H2,1H3,(H,24,27)/t15?,18?,19-,20+. The number of hydrogen-bond donors (Lipinski definition) is 2. The normalized spacial score (nSPS) is 24.6. The molecule has 2 N–H and O–H groups in total. The van der Waals surface area contributed by atoms with Crippen LogP contribution in [0.1, 0.15) is 54.4 Å². The molecule has 0 saturated carbocycles. The zero-order valence-electron chi connectivity index (χ0n) is 16.0. The van der Waals surface area contributed by atoms with Crippen molar-refractivity contribution in [2.75, 3.05) is 0 Å². The minimum atomic E-state index is -0.548. The molecule has 2 aromatic rings. The Labute approximate surface area is 165 Å². The summed E-state index contributed by atoms with van der Waals surface area (Å²) in [6.07, 6.45) is 3.83. The summed E-state index contributed by atoms with van der Waals surface area (Å²) >= 11 is 0. The highest BCUT2D eigenvalue weighted by Crippen LogP contribution is 2.43. The van der Waals surface area contributed by atoms with E-state index >= 15 is 0 Å². The number of phenols is 1. The maximum Gasteiger partial charge on any atom is 0.251 e. The summed E-state index contributed by atoms with van der Waals surface area (Å²) in [7, 11) is 0. The maximum atomic E-state index is 13.1. The number of amides is 2. The third-order valence-corrected chi connectivity index (χ3v) is 6.08. The molecule has 2 fully saturated rings. The predicted molar refractivity (Wildman–Crippen MR) is 107 cm³/mol. The molecule has 2 unspecified atom stereocenters. The smallest absolute Gasteiger partial charge is 0.251 e. The molecule has 28 heavy (non-hydrogen) atoms. The summed E-state index contributed by atoms with van der Waals surface area (Å²) in [4.78, 5) is 27.5. The largest absolute Gasteiger partial charge is 0.508 e. The van der Waals surface area contributed by atoms with Crippen LogP contribution in [0.15, 0.2) is 54.6 Å². The van der Waals surface area contributed by atoms with Crippen molar-refractivity contribution in [2.24, 2.45) is 0 Å². The molecule has 4 rings (SSSR count).